The molecule has 2 rings (SSSR count). The SMILES string of the molecule is O=S(=O)(Oc1cc2c(C(F)(F)F)cccc2cn1)C(F)(F)F. The summed E-state index contributed by atoms with van der Waals surface area (Å²) in [6, 6.07) is 3.51. The van der Waals surface area contributed by atoms with Crippen LogP contribution in [0.15, 0.2) is 30.5 Å². The van der Waals surface area contributed by atoms with E-state index in [1.165, 1.54) is 6.07 Å². The van der Waals surface area contributed by atoms with E-state index in [0.29, 0.717) is 12.1 Å². The van der Waals surface area contributed by atoms with Crippen molar-refractivity contribution in [3.63, 3.8) is 0 Å². The van der Waals surface area contributed by atoms with Crippen LogP contribution in [0.4, 0.5) is 26.3 Å². The van der Waals surface area contributed by atoms with Gasteiger partial charge in [-0.15, -0.1) is 0 Å². The molecule has 0 spiro atoms. The Morgan fingerprint density at radius 1 is 1.05 bits per heavy atom. The van der Waals surface area contributed by atoms with Crippen LogP contribution in [0.1, 0.15) is 5.56 Å². The normalized spacial score (nSPS) is 13.4. The van der Waals surface area contributed by atoms with Crippen molar-refractivity contribution < 1.29 is 38.9 Å². The highest BCUT2D eigenvalue weighted by Crippen LogP contribution is 2.36. The minimum absolute atomic E-state index is 0.0356. The highest BCUT2D eigenvalue weighted by molar-refractivity contribution is 7.87. The first-order chi connectivity index (χ1) is 9.92. The Balaban J connectivity index is 2.56. The third-order valence-electron chi connectivity index (χ3n) is 2.52. The van der Waals surface area contributed by atoms with E-state index < -0.39 is 38.6 Å². The monoisotopic (exact) mass is 345 g/mol. The molecule has 0 atom stereocenters. The van der Waals surface area contributed by atoms with Gasteiger partial charge in [0.1, 0.15) is 0 Å². The van der Waals surface area contributed by atoms with Gasteiger partial charge in [0, 0.05) is 23.0 Å². The van der Waals surface area contributed by atoms with Crippen LogP contribution in [-0.2, 0) is 16.3 Å². The Bertz CT molecular complexity index is 813. The van der Waals surface area contributed by atoms with Crippen LogP contribution in [0.2, 0.25) is 0 Å². The number of alkyl halides is 6. The lowest BCUT2D eigenvalue weighted by Gasteiger charge is -2.12. The van der Waals surface area contributed by atoms with Crippen LogP contribution in [0.5, 0.6) is 5.88 Å². The minimum atomic E-state index is -6.01. The average Bonchev–Trinajstić information content (AvgIpc) is 2.35. The summed E-state index contributed by atoms with van der Waals surface area (Å²) >= 11 is 0. The van der Waals surface area contributed by atoms with E-state index in [2.05, 4.69) is 9.17 Å². The van der Waals surface area contributed by atoms with Crippen LogP contribution >= 0.6 is 0 Å². The topological polar surface area (TPSA) is 56.3 Å². The van der Waals surface area contributed by atoms with Gasteiger partial charge < -0.3 is 4.18 Å². The van der Waals surface area contributed by atoms with Gasteiger partial charge in [0.25, 0.3) is 0 Å². The maximum Gasteiger partial charge on any atom is 0.534 e. The van der Waals surface area contributed by atoms with Crippen molar-refractivity contribution in [1.82, 2.24) is 4.98 Å². The molecule has 4 nitrogen and oxygen atoms in total. The van der Waals surface area contributed by atoms with Gasteiger partial charge >= 0.3 is 21.8 Å². The van der Waals surface area contributed by atoms with Crippen LogP contribution in [0, 0.1) is 0 Å². The van der Waals surface area contributed by atoms with Crippen molar-refractivity contribution >= 4 is 20.9 Å². The summed E-state index contributed by atoms with van der Waals surface area (Å²) in [6.07, 6.45) is -3.99. The molecule has 1 aromatic carbocycles. The predicted octanol–water partition coefficient (Wildman–Crippen LogP) is 3.48. The number of halogens is 6. The second-order valence-corrected chi connectivity index (χ2v) is 5.57. The fourth-order valence-electron chi connectivity index (χ4n) is 1.60. The smallest absolute Gasteiger partial charge is 0.355 e. The quantitative estimate of drug-likeness (QED) is 0.475. The van der Waals surface area contributed by atoms with E-state index in [1.54, 1.807) is 0 Å². The first-order valence-electron chi connectivity index (χ1n) is 5.38. The second kappa shape index (κ2) is 5.00. The van der Waals surface area contributed by atoms with Crippen molar-refractivity contribution in [2.24, 2.45) is 0 Å². The Kier molecular flexibility index (Phi) is 3.71. The molecule has 2 aromatic rings. The third kappa shape index (κ3) is 3.08. The fourth-order valence-corrected chi connectivity index (χ4v) is 2.01. The second-order valence-electron chi connectivity index (χ2n) is 4.03. The molecule has 0 unspecified atom stereocenters. The zero-order chi connectivity index (χ0) is 16.8. The molecule has 0 saturated carbocycles. The van der Waals surface area contributed by atoms with E-state index in [9.17, 15) is 34.8 Å². The van der Waals surface area contributed by atoms with Gasteiger partial charge in [-0.1, -0.05) is 12.1 Å². The number of benzene rings is 1. The summed E-state index contributed by atoms with van der Waals surface area (Å²) in [5.41, 5.74) is -6.87. The number of rotatable bonds is 2. The first kappa shape index (κ1) is 16.3. The van der Waals surface area contributed by atoms with Gasteiger partial charge in [0.15, 0.2) is 0 Å². The molecule has 120 valence electrons. The maximum atomic E-state index is 12.8. The standard InChI is InChI=1S/C11H5F6NO3S/c12-10(13,14)8-3-1-2-6-5-18-9(4-7(6)8)21-22(19,20)11(15,16)17/h1-5H. The Hall–Kier alpha value is -2.04. The lowest BCUT2D eigenvalue weighted by atomic mass is 10.1. The highest BCUT2D eigenvalue weighted by atomic mass is 32.2. The molecule has 0 aliphatic rings. The molecule has 0 bridgehead atoms. The molecule has 0 saturated heterocycles. The average molecular weight is 345 g/mol. The molecule has 0 aliphatic heterocycles. The number of fused-ring (bicyclic) bond motifs is 1. The van der Waals surface area contributed by atoms with Crippen LogP contribution in [-0.4, -0.2) is 18.9 Å². The Labute approximate surface area is 119 Å². The molecular formula is C11H5F6NO3S. The van der Waals surface area contributed by atoms with Gasteiger partial charge in [-0.3, -0.25) is 0 Å². The van der Waals surface area contributed by atoms with Crippen LogP contribution in [0.3, 0.4) is 0 Å². The predicted molar refractivity (Wildman–Crippen MR) is 62.3 cm³/mol. The van der Waals surface area contributed by atoms with Crippen LogP contribution in [0.25, 0.3) is 10.8 Å². The van der Waals surface area contributed by atoms with Crippen molar-refractivity contribution in [3.05, 3.63) is 36.0 Å². The number of nitrogens with zero attached hydrogens (tertiary/aromatic N) is 1. The Morgan fingerprint density at radius 2 is 1.68 bits per heavy atom. The van der Waals surface area contributed by atoms with Crippen molar-refractivity contribution in [2.75, 3.05) is 0 Å². The molecule has 0 fully saturated rings. The molecule has 0 amide bonds. The summed E-state index contributed by atoms with van der Waals surface area (Å²) in [6.45, 7) is 0. The molecule has 1 heterocycles. The van der Waals surface area contributed by atoms with Gasteiger partial charge in [-0.25, -0.2) is 4.98 Å². The summed E-state index contributed by atoms with van der Waals surface area (Å²) in [5, 5.41) is -0.566. The number of hydrogen-bond acceptors (Lipinski definition) is 4. The lowest BCUT2D eigenvalue weighted by molar-refractivity contribution is -0.136. The van der Waals surface area contributed by atoms with E-state index in [0.717, 1.165) is 12.3 Å². The Morgan fingerprint density at radius 3 is 2.23 bits per heavy atom. The van der Waals surface area contributed by atoms with Gasteiger partial charge in [-0.05, 0) is 6.07 Å². The zero-order valence-corrected chi connectivity index (χ0v) is 11.1. The van der Waals surface area contributed by atoms with Crippen molar-refractivity contribution in [2.45, 2.75) is 11.7 Å². The van der Waals surface area contributed by atoms with Crippen molar-refractivity contribution in [1.29, 1.82) is 0 Å². The number of pyridine rings is 1. The first-order valence-corrected chi connectivity index (χ1v) is 6.79. The third-order valence-corrected chi connectivity index (χ3v) is 3.48. The summed E-state index contributed by atoms with van der Waals surface area (Å²) in [4.78, 5) is 3.26. The summed E-state index contributed by atoms with van der Waals surface area (Å²) in [5.74, 6) is -1.11. The molecule has 22 heavy (non-hydrogen) atoms. The number of hydrogen-bond donors (Lipinski definition) is 0. The molecular weight excluding hydrogens is 340 g/mol. The minimum Gasteiger partial charge on any atom is -0.355 e. The van der Waals surface area contributed by atoms with E-state index in [1.807, 2.05) is 0 Å². The van der Waals surface area contributed by atoms with E-state index in [4.69, 9.17) is 0 Å². The maximum absolute atomic E-state index is 12.8. The summed E-state index contributed by atoms with van der Waals surface area (Å²) < 4.78 is 100. The highest BCUT2D eigenvalue weighted by Gasteiger charge is 2.49. The fraction of sp³-hybridized carbons (Fsp3) is 0.182. The molecule has 0 aliphatic carbocycles. The van der Waals surface area contributed by atoms with Gasteiger partial charge in [0.05, 0.1) is 5.56 Å². The molecule has 0 radical (unpaired) electrons. The van der Waals surface area contributed by atoms with Gasteiger partial charge in [-0.2, -0.15) is 34.8 Å². The molecule has 11 heteroatoms. The van der Waals surface area contributed by atoms with E-state index in [-0.39, 0.29) is 5.39 Å². The van der Waals surface area contributed by atoms with Crippen molar-refractivity contribution in [3.8, 4) is 5.88 Å². The molecule has 1 aromatic heterocycles. The largest absolute Gasteiger partial charge is 0.534 e. The van der Waals surface area contributed by atoms with Crippen LogP contribution < -0.4 is 4.18 Å². The lowest BCUT2D eigenvalue weighted by Crippen LogP contribution is -2.28. The zero-order valence-electron chi connectivity index (χ0n) is 10.2. The van der Waals surface area contributed by atoms with E-state index >= 15 is 0 Å². The van der Waals surface area contributed by atoms with Gasteiger partial charge in [0.2, 0.25) is 5.88 Å². The molecule has 0 N–H and O–H groups in total. The summed E-state index contributed by atoms with van der Waals surface area (Å²) in [7, 11) is -6.01. The number of aromatic nitrogens is 1.